The topological polar surface area (TPSA) is 55.6 Å². The average molecular weight is 319 g/mol. The van der Waals surface area contributed by atoms with Gasteiger partial charge in [-0.2, -0.15) is 5.10 Å². The first-order chi connectivity index (χ1) is 11.7. The molecule has 0 bridgehead atoms. The zero-order valence-electron chi connectivity index (χ0n) is 14.0. The molecule has 1 aliphatic carbocycles. The fraction of sp³-hybridized carbons (Fsp3) is 0.316. The van der Waals surface area contributed by atoms with Gasteiger partial charge in [0.1, 0.15) is 0 Å². The van der Waals surface area contributed by atoms with E-state index in [0.29, 0.717) is 5.95 Å². The van der Waals surface area contributed by atoms with Crippen LogP contribution in [0.3, 0.4) is 0 Å². The number of nitrogens with zero attached hydrogens (tertiary/aromatic N) is 4. The van der Waals surface area contributed by atoms with Gasteiger partial charge in [-0.25, -0.2) is 9.97 Å². The first-order valence-corrected chi connectivity index (χ1v) is 8.38. The first-order valence-electron chi connectivity index (χ1n) is 8.38. The Kier molecular flexibility index (Phi) is 3.76. The molecular weight excluding hydrogens is 298 g/mol. The molecule has 0 spiro atoms. The van der Waals surface area contributed by atoms with Crippen molar-refractivity contribution in [1.82, 2.24) is 19.7 Å². The normalized spacial score (nSPS) is 16.7. The highest BCUT2D eigenvalue weighted by Gasteiger charge is 2.20. The van der Waals surface area contributed by atoms with Crippen LogP contribution in [-0.4, -0.2) is 19.7 Å². The Morgan fingerprint density at radius 2 is 2.08 bits per heavy atom. The Morgan fingerprint density at radius 3 is 2.92 bits per heavy atom. The van der Waals surface area contributed by atoms with E-state index in [0.717, 1.165) is 29.7 Å². The lowest BCUT2D eigenvalue weighted by molar-refractivity contribution is 0.596. The zero-order chi connectivity index (χ0) is 16.5. The first kappa shape index (κ1) is 14.9. The molecule has 3 aromatic rings. The SMILES string of the molecule is Cc1cnc(N[C@@H]2CCCc3ccccc32)nc1-c1cnn(C)c1. The number of rotatable bonds is 3. The van der Waals surface area contributed by atoms with Gasteiger partial charge in [0.2, 0.25) is 5.95 Å². The minimum absolute atomic E-state index is 0.277. The molecule has 5 heteroatoms. The number of aryl methyl sites for hydroxylation is 3. The van der Waals surface area contributed by atoms with Crippen LogP contribution >= 0.6 is 0 Å². The Hall–Kier alpha value is -2.69. The van der Waals surface area contributed by atoms with Gasteiger partial charge in [0.15, 0.2) is 0 Å². The Bertz CT molecular complexity index is 868. The summed E-state index contributed by atoms with van der Waals surface area (Å²) < 4.78 is 1.79. The van der Waals surface area contributed by atoms with Crippen molar-refractivity contribution in [2.45, 2.75) is 32.2 Å². The summed E-state index contributed by atoms with van der Waals surface area (Å²) in [5.41, 5.74) is 5.81. The van der Waals surface area contributed by atoms with Crippen LogP contribution in [0.25, 0.3) is 11.3 Å². The van der Waals surface area contributed by atoms with Crippen molar-refractivity contribution in [2.75, 3.05) is 5.32 Å². The fourth-order valence-corrected chi connectivity index (χ4v) is 3.41. The predicted octanol–water partition coefficient (Wildman–Crippen LogP) is 3.68. The van der Waals surface area contributed by atoms with Crippen molar-refractivity contribution in [3.8, 4) is 11.3 Å². The Labute approximate surface area is 141 Å². The van der Waals surface area contributed by atoms with Crippen LogP contribution < -0.4 is 5.32 Å². The molecule has 24 heavy (non-hydrogen) atoms. The molecular formula is C19H21N5. The molecule has 2 heterocycles. The highest BCUT2D eigenvalue weighted by Crippen LogP contribution is 2.32. The number of anilines is 1. The maximum atomic E-state index is 4.75. The summed E-state index contributed by atoms with van der Waals surface area (Å²) in [5.74, 6) is 0.682. The molecule has 0 fully saturated rings. The summed E-state index contributed by atoms with van der Waals surface area (Å²) in [6.07, 6.45) is 9.16. The van der Waals surface area contributed by atoms with Crippen molar-refractivity contribution in [3.05, 3.63) is 59.5 Å². The van der Waals surface area contributed by atoms with E-state index in [4.69, 9.17) is 4.98 Å². The van der Waals surface area contributed by atoms with E-state index in [1.165, 1.54) is 17.5 Å². The Balaban J connectivity index is 1.64. The van der Waals surface area contributed by atoms with Gasteiger partial charge in [-0.1, -0.05) is 24.3 Å². The molecule has 4 rings (SSSR count). The monoisotopic (exact) mass is 319 g/mol. The van der Waals surface area contributed by atoms with Crippen LogP contribution in [0.2, 0.25) is 0 Å². The number of benzene rings is 1. The second-order valence-corrected chi connectivity index (χ2v) is 6.42. The quantitative estimate of drug-likeness (QED) is 0.800. The van der Waals surface area contributed by atoms with Gasteiger partial charge in [0.25, 0.3) is 0 Å². The van der Waals surface area contributed by atoms with E-state index in [9.17, 15) is 0 Å². The van der Waals surface area contributed by atoms with Gasteiger partial charge in [0.05, 0.1) is 17.9 Å². The van der Waals surface area contributed by atoms with E-state index in [1.54, 1.807) is 4.68 Å². The van der Waals surface area contributed by atoms with Gasteiger partial charge in [0, 0.05) is 25.0 Å². The highest BCUT2D eigenvalue weighted by molar-refractivity contribution is 5.62. The number of nitrogens with one attached hydrogen (secondary N) is 1. The maximum Gasteiger partial charge on any atom is 0.223 e. The second-order valence-electron chi connectivity index (χ2n) is 6.42. The molecule has 0 amide bonds. The lowest BCUT2D eigenvalue weighted by Crippen LogP contribution is -2.18. The van der Waals surface area contributed by atoms with E-state index in [2.05, 4.69) is 39.7 Å². The largest absolute Gasteiger partial charge is 0.347 e. The number of fused-ring (bicyclic) bond motifs is 1. The van der Waals surface area contributed by atoms with E-state index in [-0.39, 0.29) is 6.04 Å². The number of aromatic nitrogens is 4. The maximum absolute atomic E-state index is 4.75. The molecule has 0 saturated heterocycles. The summed E-state index contributed by atoms with van der Waals surface area (Å²) in [7, 11) is 1.91. The molecule has 1 atom stereocenters. The molecule has 2 aromatic heterocycles. The highest BCUT2D eigenvalue weighted by atomic mass is 15.2. The lowest BCUT2D eigenvalue weighted by atomic mass is 9.88. The summed E-state index contributed by atoms with van der Waals surface area (Å²) in [4.78, 5) is 9.24. The fourth-order valence-electron chi connectivity index (χ4n) is 3.41. The smallest absolute Gasteiger partial charge is 0.223 e. The minimum Gasteiger partial charge on any atom is -0.347 e. The van der Waals surface area contributed by atoms with Gasteiger partial charge < -0.3 is 5.32 Å². The van der Waals surface area contributed by atoms with Crippen LogP contribution in [0, 0.1) is 6.92 Å². The van der Waals surface area contributed by atoms with Crippen LogP contribution in [0.4, 0.5) is 5.95 Å². The second kappa shape index (κ2) is 6.07. The Morgan fingerprint density at radius 1 is 1.21 bits per heavy atom. The van der Waals surface area contributed by atoms with Gasteiger partial charge in [-0.15, -0.1) is 0 Å². The molecule has 5 nitrogen and oxygen atoms in total. The van der Waals surface area contributed by atoms with Crippen molar-refractivity contribution >= 4 is 5.95 Å². The molecule has 0 radical (unpaired) electrons. The standard InChI is InChI=1S/C19H21N5/c1-13-10-20-19(23-18(13)15-11-21-24(2)12-15)22-17-9-5-7-14-6-3-4-8-16(14)17/h3-4,6,8,10-12,17H,5,7,9H2,1-2H3,(H,20,22,23)/t17-/m1/s1. The van der Waals surface area contributed by atoms with Crippen molar-refractivity contribution in [1.29, 1.82) is 0 Å². The van der Waals surface area contributed by atoms with Crippen molar-refractivity contribution in [3.63, 3.8) is 0 Å². The van der Waals surface area contributed by atoms with Gasteiger partial charge in [-0.05, 0) is 42.9 Å². The number of hydrogen-bond acceptors (Lipinski definition) is 4. The van der Waals surface area contributed by atoms with Crippen molar-refractivity contribution in [2.24, 2.45) is 7.05 Å². The molecule has 1 N–H and O–H groups in total. The average Bonchev–Trinajstić information content (AvgIpc) is 3.03. The van der Waals surface area contributed by atoms with E-state index in [1.807, 2.05) is 32.6 Å². The van der Waals surface area contributed by atoms with Gasteiger partial charge >= 0.3 is 0 Å². The van der Waals surface area contributed by atoms with Crippen molar-refractivity contribution < 1.29 is 0 Å². The summed E-state index contributed by atoms with van der Waals surface area (Å²) in [6.45, 7) is 2.03. The molecule has 1 aliphatic rings. The molecule has 0 saturated carbocycles. The van der Waals surface area contributed by atoms with Crippen LogP contribution in [-0.2, 0) is 13.5 Å². The molecule has 0 unspecified atom stereocenters. The van der Waals surface area contributed by atoms with Crippen LogP contribution in [0.5, 0.6) is 0 Å². The molecule has 0 aliphatic heterocycles. The van der Waals surface area contributed by atoms with Crippen LogP contribution in [0.15, 0.2) is 42.9 Å². The predicted molar refractivity (Wildman–Crippen MR) is 94.7 cm³/mol. The van der Waals surface area contributed by atoms with E-state index >= 15 is 0 Å². The third-order valence-corrected chi connectivity index (χ3v) is 4.62. The number of hydrogen-bond donors (Lipinski definition) is 1. The molecule has 122 valence electrons. The molecule has 1 aromatic carbocycles. The third-order valence-electron chi connectivity index (χ3n) is 4.62. The van der Waals surface area contributed by atoms with E-state index < -0.39 is 0 Å². The van der Waals surface area contributed by atoms with Crippen LogP contribution in [0.1, 0.15) is 35.6 Å². The summed E-state index contributed by atoms with van der Waals surface area (Å²) in [5, 5.41) is 7.78. The lowest BCUT2D eigenvalue weighted by Gasteiger charge is -2.26. The zero-order valence-corrected chi connectivity index (χ0v) is 14.0. The van der Waals surface area contributed by atoms with Gasteiger partial charge in [-0.3, -0.25) is 4.68 Å². The minimum atomic E-state index is 0.277. The summed E-state index contributed by atoms with van der Waals surface area (Å²) in [6, 6.07) is 8.93. The summed E-state index contributed by atoms with van der Waals surface area (Å²) >= 11 is 0. The third kappa shape index (κ3) is 2.77.